The number of ether oxygens (including phenoxy) is 2. The fourth-order valence-corrected chi connectivity index (χ4v) is 4.77. The predicted molar refractivity (Wildman–Crippen MR) is 128 cm³/mol. The Hall–Kier alpha value is -3.06. The predicted octanol–water partition coefficient (Wildman–Crippen LogP) is 4.53. The molecule has 1 N–H and O–H groups in total. The van der Waals surface area contributed by atoms with Gasteiger partial charge >= 0.3 is 0 Å². The number of nitrogens with zero attached hydrogens (tertiary/aromatic N) is 2. The van der Waals surface area contributed by atoms with Gasteiger partial charge in [-0.05, 0) is 37.7 Å². The van der Waals surface area contributed by atoms with E-state index in [2.05, 4.69) is 12.2 Å². The number of amides is 2. The van der Waals surface area contributed by atoms with E-state index in [0.717, 1.165) is 31.2 Å². The first-order valence-electron chi connectivity index (χ1n) is 11.1. The molecule has 0 atom stereocenters. The maximum atomic E-state index is 13.5. The van der Waals surface area contributed by atoms with Crippen molar-refractivity contribution in [2.45, 2.75) is 38.3 Å². The van der Waals surface area contributed by atoms with Crippen molar-refractivity contribution in [3.63, 3.8) is 0 Å². The minimum absolute atomic E-state index is 0.111. The molecule has 1 aliphatic heterocycles. The third kappa shape index (κ3) is 4.55. The molecule has 7 nitrogen and oxygen atoms in total. The molecule has 0 saturated heterocycles. The van der Waals surface area contributed by atoms with E-state index in [1.807, 2.05) is 30.3 Å². The summed E-state index contributed by atoms with van der Waals surface area (Å²) in [4.78, 5) is 33.1. The van der Waals surface area contributed by atoms with Gasteiger partial charge in [0.1, 0.15) is 29.4 Å². The third-order valence-electron chi connectivity index (χ3n) is 6.44. The molecule has 1 saturated carbocycles. The van der Waals surface area contributed by atoms with Gasteiger partial charge in [0.25, 0.3) is 5.91 Å². The molecular weight excluding hydrogens is 442 g/mol. The van der Waals surface area contributed by atoms with Crippen LogP contribution in [-0.2, 0) is 9.59 Å². The molecule has 0 aromatic heterocycles. The van der Waals surface area contributed by atoms with E-state index in [9.17, 15) is 9.59 Å². The van der Waals surface area contributed by atoms with E-state index in [1.165, 1.54) is 14.2 Å². The molecule has 2 aliphatic rings. The summed E-state index contributed by atoms with van der Waals surface area (Å²) in [5.41, 5.74) is 0.916. The molecule has 0 radical (unpaired) electrons. The fourth-order valence-electron chi connectivity index (χ4n) is 4.53. The highest BCUT2D eigenvalue weighted by molar-refractivity contribution is 6.47. The van der Waals surface area contributed by atoms with Crippen molar-refractivity contribution < 1.29 is 19.1 Å². The van der Waals surface area contributed by atoms with E-state index < -0.39 is 5.66 Å². The molecule has 2 aromatic rings. The van der Waals surface area contributed by atoms with Crippen LogP contribution in [0.4, 0.5) is 5.69 Å². The molecule has 1 aliphatic carbocycles. The Bertz CT molecular complexity index is 1080. The highest BCUT2D eigenvalue weighted by atomic mass is 35.5. The first-order chi connectivity index (χ1) is 15.9. The van der Waals surface area contributed by atoms with Gasteiger partial charge in [0.2, 0.25) is 5.91 Å². The molecule has 1 fully saturated rings. The molecule has 33 heavy (non-hydrogen) atoms. The molecule has 0 unspecified atom stereocenters. The normalized spacial score (nSPS) is 22.3. The number of carbonyl (C=O) groups is 2. The molecule has 1 heterocycles. The van der Waals surface area contributed by atoms with Crippen LogP contribution in [0.5, 0.6) is 11.5 Å². The van der Waals surface area contributed by atoms with Crippen LogP contribution in [0.2, 0.25) is 5.02 Å². The number of halogens is 1. The highest BCUT2D eigenvalue weighted by Crippen LogP contribution is 2.42. The van der Waals surface area contributed by atoms with E-state index >= 15 is 0 Å². The van der Waals surface area contributed by atoms with Gasteiger partial charge in [-0.2, -0.15) is 0 Å². The van der Waals surface area contributed by atoms with Crippen LogP contribution in [0.1, 0.15) is 38.2 Å². The maximum Gasteiger partial charge on any atom is 0.275 e. The van der Waals surface area contributed by atoms with Crippen molar-refractivity contribution in [3.05, 3.63) is 53.1 Å². The second kappa shape index (κ2) is 9.43. The zero-order valence-corrected chi connectivity index (χ0v) is 19.8. The quantitative estimate of drug-likeness (QED) is 0.673. The van der Waals surface area contributed by atoms with Crippen molar-refractivity contribution in [1.29, 1.82) is 0 Å². The largest absolute Gasteiger partial charge is 0.495 e. The van der Waals surface area contributed by atoms with E-state index in [0.29, 0.717) is 33.8 Å². The van der Waals surface area contributed by atoms with Crippen molar-refractivity contribution in [2.75, 3.05) is 26.1 Å². The lowest BCUT2D eigenvalue weighted by molar-refractivity contribution is -0.134. The van der Waals surface area contributed by atoms with Gasteiger partial charge in [-0.3, -0.25) is 14.6 Å². The average molecular weight is 470 g/mol. The smallest absolute Gasteiger partial charge is 0.275 e. The standard InChI is InChI=1S/C25H28ClN3O4/c1-16-9-11-25(12-10-16)28-23(17-7-5-4-6-8-17)24(31)29(25)15-22(30)27-19-13-18(26)20(32-2)14-21(19)33-3/h4-8,13-14,16H,9-12,15H2,1-3H3,(H,27,30). The van der Waals surface area contributed by atoms with Gasteiger partial charge in [0.15, 0.2) is 0 Å². The minimum atomic E-state index is -0.687. The Labute approximate surface area is 198 Å². The summed E-state index contributed by atoms with van der Waals surface area (Å²) >= 11 is 6.24. The SMILES string of the molecule is COc1cc(OC)c(NC(=O)CN2C(=O)C(c3ccccc3)=NC23CCC(C)CC3)cc1Cl. The zero-order chi connectivity index (χ0) is 23.6. The Kier molecular flexibility index (Phi) is 6.61. The number of carbonyl (C=O) groups excluding carboxylic acids is 2. The van der Waals surface area contributed by atoms with Gasteiger partial charge in [-0.15, -0.1) is 0 Å². The van der Waals surface area contributed by atoms with E-state index in [-0.39, 0.29) is 18.4 Å². The first kappa shape index (κ1) is 23.1. The lowest BCUT2D eigenvalue weighted by Gasteiger charge is -2.40. The summed E-state index contributed by atoms with van der Waals surface area (Å²) in [6, 6.07) is 12.6. The minimum Gasteiger partial charge on any atom is -0.495 e. The number of hydrogen-bond acceptors (Lipinski definition) is 5. The molecule has 4 rings (SSSR count). The van der Waals surface area contributed by atoms with Crippen molar-refractivity contribution in [3.8, 4) is 11.5 Å². The van der Waals surface area contributed by atoms with Gasteiger partial charge in [-0.1, -0.05) is 48.9 Å². The second-order valence-electron chi connectivity index (χ2n) is 8.62. The number of hydrogen-bond donors (Lipinski definition) is 1. The Morgan fingerprint density at radius 1 is 1.15 bits per heavy atom. The van der Waals surface area contributed by atoms with Crippen LogP contribution in [-0.4, -0.2) is 48.9 Å². The molecule has 8 heteroatoms. The maximum absolute atomic E-state index is 13.5. The van der Waals surface area contributed by atoms with Crippen molar-refractivity contribution in [1.82, 2.24) is 4.90 Å². The lowest BCUT2D eigenvalue weighted by Crippen LogP contribution is -2.51. The lowest BCUT2D eigenvalue weighted by atomic mass is 9.82. The van der Waals surface area contributed by atoms with Crippen LogP contribution in [0.15, 0.2) is 47.5 Å². The zero-order valence-electron chi connectivity index (χ0n) is 19.1. The Morgan fingerprint density at radius 3 is 2.45 bits per heavy atom. The first-order valence-corrected chi connectivity index (χ1v) is 11.4. The number of methoxy groups -OCH3 is 2. The molecule has 0 bridgehead atoms. The summed E-state index contributed by atoms with van der Waals surface area (Å²) in [7, 11) is 3.01. The van der Waals surface area contributed by atoms with Gasteiger partial charge in [0.05, 0.1) is 24.9 Å². The van der Waals surface area contributed by atoms with Crippen molar-refractivity contribution in [2.24, 2.45) is 10.9 Å². The Balaban J connectivity index is 1.59. The molecule has 174 valence electrons. The molecule has 2 amide bonds. The number of aliphatic imine (C=N–C) groups is 1. The third-order valence-corrected chi connectivity index (χ3v) is 6.74. The summed E-state index contributed by atoms with van der Waals surface area (Å²) in [6.07, 6.45) is 3.39. The van der Waals surface area contributed by atoms with E-state index in [1.54, 1.807) is 17.0 Å². The number of nitrogens with one attached hydrogen (secondary N) is 1. The number of benzene rings is 2. The van der Waals surface area contributed by atoms with Gasteiger partial charge in [-0.25, -0.2) is 0 Å². The van der Waals surface area contributed by atoms with Crippen LogP contribution in [0.25, 0.3) is 0 Å². The molecule has 1 spiro atoms. The Morgan fingerprint density at radius 2 is 1.82 bits per heavy atom. The van der Waals surface area contributed by atoms with Crippen LogP contribution in [0, 0.1) is 5.92 Å². The molecular formula is C25H28ClN3O4. The number of anilines is 1. The van der Waals surface area contributed by atoms with Crippen molar-refractivity contribution >= 4 is 34.8 Å². The van der Waals surface area contributed by atoms with Crippen LogP contribution in [0.3, 0.4) is 0 Å². The van der Waals surface area contributed by atoms with Gasteiger partial charge in [0, 0.05) is 11.6 Å². The summed E-state index contributed by atoms with van der Waals surface area (Å²) in [5, 5.41) is 3.18. The topological polar surface area (TPSA) is 80.2 Å². The summed E-state index contributed by atoms with van der Waals surface area (Å²) in [5.74, 6) is 0.872. The summed E-state index contributed by atoms with van der Waals surface area (Å²) in [6.45, 7) is 2.10. The average Bonchev–Trinajstić information content (AvgIpc) is 3.08. The molecule has 2 aromatic carbocycles. The number of rotatable bonds is 6. The van der Waals surface area contributed by atoms with E-state index in [4.69, 9.17) is 26.1 Å². The highest BCUT2D eigenvalue weighted by Gasteiger charge is 2.49. The summed E-state index contributed by atoms with van der Waals surface area (Å²) < 4.78 is 10.6. The van der Waals surface area contributed by atoms with Crippen LogP contribution < -0.4 is 14.8 Å². The fraction of sp³-hybridized carbons (Fsp3) is 0.400. The van der Waals surface area contributed by atoms with Gasteiger partial charge < -0.3 is 19.7 Å². The second-order valence-corrected chi connectivity index (χ2v) is 9.03. The monoisotopic (exact) mass is 469 g/mol. The van der Waals surface area contributed by atoms with Crippen LogP contribution >= 0.6 is 11.6 Å².